The van der Waals surface area contributed by atoms with E-state index in [1.165, 1.54) is 0 Å². The normalized spacial score (nSPS) is 11.9. The predicted molar refractivity (Wildman–Crippen MR) is 138 cm³/mol. The number of nitrogen functional groups attached to an aromatic ring is 1. The van der Waals surface area contributed by atoms with Crippen LogP contribution in [-0.2, 0) is 0 Å². The SMILES string of the molecule is C=Cc1ccc(N2c3cc(N)c(C)cc3Nc3cc(C)c(Nc4ccccc4)cc32)cc1. The van der Waals surface area contributed by atoms with Gasteiger partial charge in [-0.15, -0.1) is 0 Å². The average Bonchev–Trinajstić information content (AvgIpc) is 2.80. The van der Waals surface area contributed by atoms with Gasteiger partial charge in [-0.05, 0) is 79.1 Å². The summed E-state index contributed by atoms with van der Waals surface area (Å²) in [7, 11) is 0. The first-order chi connectivity index (χ1) is 15.5. The molecule has 0 radical (unpaired) electrons. The van der Waals surface area contributed by atoms with E-state index >= 15 is 0 Å². The van der Waals surface area contributed by atoms with Crippen molar-refractivity contribution in [2.45, 2.75) is 13.8 Å². The molecule has 4 aromatic carbocycles. The first-order valence-electron chi connectivity index (χ1n) is 10.7. The number of fused-ring (bicyclic) bond motifs is 2. The molecule has 1 aliphatic heterocycles. The summed E-state index contributed by atoms with van der Waals surface area (Å²) in [6.45, 7) is 8.04. The summed E-state index contributed by atoms with van der Waals surface area (Å²) in [4.78, 5) is 2.26. The number of hydrogen-bond acceptors (Lipinski definition) is 4. The number of nitrogens with two attached hydrogens (primary N) is 1. The molecule has 5 rings (SSSR count). The molecule has 1 heterocycles. The molecule has 4 N–H and O–H groups in total. The van der Waals surface area contributed by atoms with Crippen LogP contribution in [0.25, 0.3) is 6.08 Å². The molecule has 0 aromatic heterocycles. The number of hydrogen-bond donors (Lipinski definition) is 3. The molecule has 0 spiro atoms. The van der Waals surface area contributed by atoms with Crippen LogP contribution in [0.1, 0.15) is 16.7 Å². The van der Waals surface area contributed by atoms with Gasteiger partial charge in [-0.2, -0.15) is 0 Å². The maximum atomic E-state index is 6.33. The van der Waals surface area contributed by atoms with E-state index in [4.69, 9.17) is 5.73 Å². The second-order valence-corrected chi connectivity index (χ2v) is 8.16. The van der Waals surface area contributed by atoms with Crippen molar-refractivity contribution >= 4 is 51.6 Å². The minimum absolute atomic E-state index is 0.774. The van der Waals surface area contributed by atoms with Gasteiger partial charge in [-0.1, -0.05) is 43.0 Å². The molecule has 4 heteroatoms. The van der Waals surface area contributed by atoms with E-state index in [-0.39, 0.29) is 0 Å². The van der Waals surface area contributed by atoms with E-state index in [2.05, 4.69) is 83.6 Å². The molecule has 4 nitrogen and oxygen atoms in total. The Kier molecular flexibility index (Phi) is 4.83. The Morgan fingerprint density at radius 2 is 1.50 bits per heavy atom. The maximum absolute atomic E-state index is 6.33. The van der Waals surface area contributed by atoms with Gasteiger partial charge >= 0.3 is 0 Å². The van der Waals surface area contributed by atoms with Crippen molar-refractivity contribution in [2.75, 3.05) is 21.3 Å². The fraction of sp³-hybridized carbons (Fsp3) is 0.0714. The predicted octanol–water partition coefficient (Wildman–Crippen LogP) is 7.80. The van der Waals surface area contributed by atoms with Gasteiger partial charge in [0.05, 0.1) is 22.7 Å². The first kappa shape index (κ1) is 19.8. The average molecular weight is 419 g/mol. The van der Waals surface area contributed by atoms with Crippen molar-refractivity contribution in [2.24, 2.45) is 0 Å². The Bertz CT molecular complexity index is 1310. The molecule has 0 atom stereocenters. The van der Waals surface area contributed by atoms with E-state index in [1.807, 2.05) is 37.3 Å². The summed E-state index contributed by atoms with van der Waals surface area (Å²) >= 11 is 0. The summed E-state index contributed by atoms with van der Waals surface area (Å²) in [5.74, 6) is 0. The van der Waals surface area contributed by atoms with Gasteiger partial charge in [-0.3, -0.25) is 0 Å². The topological polar surface area (TPSA) is 53.3 Å². The number of nitrogens with zero attached hydrogens (tertiary/aromatic N) is 1. The number of benzene rings is 4. The van der Waals surface area contributed by atoms with Crippen molar-refractivity contribution in [3.63, 3.8) is 0 Å². The molecule has 0 fully saturated rings. The van der Waals surface area contributed by atoms with Gasteiger partial charge in [0.25, 0.3) is 0 Å². The first-order valence-corrected chi connectivity index (χ1v) is 10.7. The highest BCUT2D eigenvalue weighted by atomic mass is 15.2. The zero-order valence-corrected chi connectivity index (χ0v) is 18.3. The van der Waals surface area contributed by atoms with Gasteiger partial charge in [0.1, 0.15) is 0 Å². The highest BCUT2D eigenvalue weighted by Crippen LogP contribution is 2.50. The lowest BCUT2D eigenvalue weighted by molar-refractivity contribution is 1.23. The smallest absolute Gasteiger partial charge is 0.0718 e. The molecular formula is C28H26N4. The lowest BCUT2D eigenvalue weighted by atomic mass is 10.0. The van der Waals surface area contributed by atoms with E-state index in [9.17, 15) is 0 Å². The fourth-order valence-corrected chi connectivity index (χ4v) is 4.10. The lowest BCUT2D eigenvalue weighted by Crippen LogP contribution is -2.19. The van der Waals surface area contributed by atoms with Crippen LogP contribution in [0.2, 0.25) is 0 Å². The van der Waals surface area contributed by atoms with Crippen molar-refractivity contribution < 1.29 is 0 Å². The monoisotopic (exact) mass is 418 g/mol. The number of rotatable bonds is 4. The number of nitrogens with one attached hydrogen (secondary N) is 2. The van der Waals surface area contributed by atoms with E-state index in [0.29, 0.717) is 0 Å². The molecule has 0 saturated heterocycles. The van der Waals surface area contributed by atoms with Crippen LogP contribution in [0.3, 0.4) is 0 Å². The zero-order valence-electron chi connectivity index (χ0n) is 18.3. The second-order valence-electron chi connectivity index (χ2n) is 8.16. The van der Waals surface area contributed by atoms with Crippen LogP contribution in [0, 0.1) is 13.8 Å². The summed E-state index contributed by atoms with van der Waals surface area (Å²) < 4.78 is 0. The Balaban J connectivity index is 1.68. The summed E-state index contributed by atoms with van der Waals surface area (Å²) in [5.41, 5.74) is 17.8. The second kappa shape index (κ2) is 7.82. The van der Waals surface area contributed by atoms with Crippen LogP contribution in [0.5, 0.6) is 0 Å². The lowest BCUT2D eigenvalue weighted by Gasteiger charge is -2.35. The molecule has 32 heavy (non-hydrogen) atoms. The van der Waals surface area contributed by atoms with Crippen LogP contribution in [-0.4, -0.2) is 0 Å². The van der Waals surface area contributed by atoms with Crippen molar-refractivity contribution in [1.29, 1.82) is 0 Å². The van der Waals surface area contributed by atoms with Crippen LogP contribution < -0.4 is 21.3 Å². The van der Waals surface area contributed by atoms with Crippen molar-refractivity contribution in [1.82, 2.24) is 0 Å². The van der Waals surface area contributed by atoms with Gasteiger partial charge in [0.2, 0.25) is 0 Å². The van der Waals surface area contributed by atoms with Crippen LogP contribution in [0.4, 0.5) is 45.5 Å². The standard InChI is InChI=1S/C28H26N4/c1-4-20-10-12-22(13-11-20)32-27-16-23(29)18(2)14-25(27)31-26-15-19(3)24(17-28(26)32)30-21-8-6-5-7-9-21/h4-17,30-31H,1,29H2,2-3H3. The Hall–Kier alpha value is -4.18. The van der Waals surface area contributed by atoms with E-state index in [1.54, 1.807) is 0 Å². The largest absolute Gasteiger partial charge is 0.398 e. The quantitative estimate of drug-likeness (QED) is 0.261. The van der Waals surface area contributed by atoms with Crippen LogP contribution >= 0.6 is 0 Å². The van der Waals surface area contributed by atoms with Crippen molar-refractivity contribution in [3.05, 3.63) is 102 Å². The zero-order chi connectivity index (χ0) is 22.2. The molecule has 0 aliphatic carbocycles. The maximum Gasteiger partial charge on any atom is 0.0718 e. The summed E-state index contributed by atoms with van der Waals surface area (Å²) in [6, 6.07) is 27.2. The van der Waals surface area contributed by atoms with Crippen LogP contribution in [0.15, 0.2) is 85.4 Å². The Morgan fingerprint density at radius 1 is 0.844 bits per heavy atom. The van der Waals surface area contributed by atoms with E-state index in [0.717, 1.165) is 62.2 Å². The highest BCUT2D eigenvalue weighted by molar-refractivity contribution is 5.99. The Morgan fingerprint density at radius 3 is 2.19 bits per heavy atom. The molecular weight excluding hydrogens is 392 g/mol. The van der Waals surface area contributed by atoms with Gasteiger partial charge in [0, 0.05) is 22.7 Å². The molecule has 0 bridgehead atoms. The third-order valence-corrected chi connectivity index (χ3v) is 5.92. The third kappa shape index (κ3) is 3.46. The molecule has 158 valence electrons. The minimum atomic E-state index is 0.774. The summed E-state index contributed by atoms with van der Waals surface area (Å²) in [5, 5.41) is 7.19. The van der Waals surface area contributed by atoms with Gasteiger partial charge in [-0.25, -0.2) is 0 Å². The molecule has 0 amide bonds. The van der Waals surface area contributed by atoms with Gasteiger partial charge in [0.15, 0.2) is 0 Å². The number of para-hydroxylation sites is 1. The molecule has 1 aliphatic rings. The molecule has 0 unspecified atom stereocenters. The van der Waals surface area contributed by atoms with E-state index < -0.39 is 0 Å². The summed E-state index contributed by atoms with van der Waals surface area (Å²) in [6.07, 6.45) is 1.86. The van der Waals surface area contributed by atoms with Gasteiger partial charge < -0.3 is 21.3 Å². The number of aryl methyl sites for hydroxylation is 2. The molecule has 0 saturated carbocycles. The molecule has 4 aromatic rings. The van der Waals surface area contributed by atoms with Crippen molar-refractivity contribution in [3.8, 4) is 0 Å². The minimum Gasteiger partial charge on any atom is -0.398 e. The number of anilines is 8. The third-order valence-electron chi connectivity index (χ3n) is 5.92. The highest BCUT2D eigenvalue weighted by Gasteiger charge is 2.26. The fourth-order valence-electron chi connectivity index (χ4n) is 4.10. The Labute approximate surface area is 189 Å².